The van der Waals surface area contributed by atoms with Gasteiger partial charge in [0.05, 0.1) is 12.0 Å². The maximum absolute atomic E-state index is 12.1. The number of imidazole rings is 1. The van der Waals surface area contributed by atoms with Crippen LogP contribution in [0.4, 0.5) is 0 Å². The Morgan fingerprint density at radius 2 is 1.96 bits per heavy atom. The van der Waals surface area contributed by atoms with E-state index in [1.165, 1.54) is 0 Å². The summed E-state index contributed by atoms with van der Waals surface area (Å²) in [6, 6.07) is 15.6. The van der Waals surface area contributed by atoms with E-state index in [2.05, 4.69) is 10.3 Å². The Kier molecular flexibility index (Phi) is 6.14. The van der Waals surface area contributed by atoms with Crippen LogP contribution in [0.3, 0.4) is 0 Å². The highest BCUT2D eigenvalue weighted by atomic mass is 35.5. The summed E-state index contributed by atoms with van der Waals surface area (Å²) in [5.74, 6) is 0.776. The second-order valence-corrected chi connectivity index (χ2v) is 7.03. The van der Waals surface area contributed by atoms with Gasteiger partial charge < -0.3 is 9.88 Å². The minimum absolute atomic E-state index is 0.0434. The highest BCUT2D eigenvalue weighted by molar-refractivity contribution is 7.99. The molecule has 0 fully saturated rings. The van der Waals surface area contributed by atoms with Crippen LogP contribution in [0, 0.1) is 0 Å². The fourth-order valence-electron chi connectivity index (χ4n) is 2.39. The molecule has 0 radical (unpaired) electrons. The second-order valence-electron chi connectivity index (χ2n) is 5.43. The maximum atomic E-state index is 12.1. The lowest BCUT2D eigenvalue weighted by molar-refractivity contribution is -0.120. The third-order valence-electron chi connectivity index (χ3n) is 3.66. The average Bonchev–Trinajstić information content (AvgIpc) is 3.16. The molecule has 1 amide bonds. The number of carbonyl (C=O) groups excluding carboxylic acids is 1. The highest BCUT2D eigenvalue weighted by Crippen LogP contribution is 2.21. The summed E-state index contributed by atoms with van der Waals surface area (Å²) in [6.45, 7) is 0.499. The molecule has 0 aliphatic heterocycles. The lowest BCUT2D eigenvalue weighted by Gasteiger charge is -2.11. The third kappa shape index (κ3) is 5.11. The van der Waals surface area contributed by atoms with Crippen molar-refractivity contribution in [2.24, 2.45) is 0 Å². The van der Waals surface area contributed by atoms with Crippen molar-refractivity contribution >= 4 is 29.3 Å². The van der Waals surface area contributed by atoms with E-state index in [0.29, 0.717) is 13.0 Å². The Morgan fingerprint density at radius 1 is 1.16 bits per heavy atom. The number of para-hydroxylation sites is 1. The number of carbonyl (C=O) groups is 1. The Morgan fingerprint density at radius 3 is 2.72 bits per heavy atom. The van der Waals surface area contributed by atoms with Gasteiger partial charge in [-0.05, 0) is 35.9 Å². The molecule has 6 heteroatoms. The number of benzene rings is 2. The van der Waals surface area contributed by atoms with Crippen molar-refractivity contribution < 1.29 is 4.79 Å². The van der Waals surface area contributed by atoms with Gasteiger partial charge in [-0.15, -0.1) is 11.8 Å². The number of thioether (sulfide) groups is 1. The van der Waals surface area contributed by atoms with Gasteiger partial charge in [0.2, 0.25) is 5.91 Å². The van der Waals surface area contributed by atoms with Crippen molar-refractivity contribution in [2.45, 2.75) is 17.9 Å². The molecule has 0 bridgehead atoms. The van der Waals surface area contributed by atoms with E-state index in [-0.39, 0.29) is 5.91 Å². The van der Waals surface area contributed by atoms with Gasteiger partial charge in [-0.2, -0.15) is 0 Å². The predicted octanol–water partition coefficient (Wildman–Crippen LogP) is 4.32. The van der Waals surface area contributed by atoms with Gasteiger partial charge in [0.25, 0.3) is 0 Å². The van der Waals surface area contributed by atoms with Crippen LogP contribution in [0.2, 0.25) is 5.02 Å². The lowest BCUT2D eigenvalue weighted by Crippen LogP contribution is -2.23. The lowest BCUT2D eigenvalue weighted by atomic mass is 10.1. The van der Waals surface area contributed by atoms with Crippen molar-refractivity contribution in [1.82, 2.24) is 14.9 Å². The summed E-state index contributed by atoms with van der Waals surface area (Å²) >= 11 is 7.51. The molecular weight excluding hydrogens is 354 g/mol. The summed E-state index contributed by atoms with van der Waals surface area (Å²) in [5.41, 5.74) is 2.08. The Balaban J connectivity index is 1.49. The molecule has 0 aliphatic rings. The number of halogens is 1. The number of nitrogens with zero attached hydrogens (tertiary/aromatic N) is 2. The zero-order valence-corrected chi connectivity index (χ0v) is 15.1. The molecule has 128 valence electrons. The van der Waals surface area contributed by atoms with Crippen LogP contribution in [0.5, 0.6) is 0 Å². The van der Waals surface area contributed by atoms with Crippen LogP contribution in [-0.4, -0.2) is 21.2 Å². The van der Waals surface area contributed by atoms with Gasteiger partial charge in [-0.25, -0.2) is 4.98 Å². The van der Waals surface area contributed by atoms with Crippen molar-refractivity contribution in [2.75, 3.05) is 5.75 Å². The highest BCUT2D eigenvalue weighted by Gasteiger charge is 2.06. The van der Waals surface area contributed by atoms with Crippen LogP contribution in [-0.2, 0) is 11.3 Å². The summed E-state index contributed by atoms with van der Waals surface area (Å²) in [6.07, 6.45) is 5.86. The quantitative estimate of drug-likeness (QED) is 0.629. The van der Waals surface area contributed by atoms with Crippen molar-refractivity contribution in [3.05, 3.63) is 77.8 Å². The first-order valence-electron chi connectivity index (χ1n) is 7.94. The molecule has 2 aromatic carbocycles. The zero-order chi connectivity index (χ0) is 17.5. The van der Waals surface area contributed by atoms with Crippen molar-refractivity contribution in [3.63, 3.8) is 0 Å². The topological polar surface area (TPSA) is 46.9 Å². The van der Waals surface area contributed by atoms with Crippen LogP contribution >= 0.6 is 23.4 Å². The minimum Gasteiger partial charge on any atom is -0.352 e. The number of rotatable bonds is 7. The van der Waals surface area contributed by atoms with Crippen molar-refractivity contribution in [1.29, 1.82) is 0 Å². The summed E-state index contributed by atoms with van der Waals surface area (Å²) < 4.78 is 1.94. The summed E-state index contributed by atoms with van der Waals surface area (Å²) in [5, 5.41) is 3.71. The average molecular weight is 372 g/mol. The van der Waals surface area contributed by atoms with E-state index >= 15 is 0 Å². The molecule has 1 heterocycles. The first kappa shape index (κ1) is 17.6. The summed E-state index contributed by atoms with van der Waals surface area (Å²) in [4.78, 5) is 17.3. The SMILES string of the molecule is O=C(CCSc1ccc(Cl)cc1)NCc1ccccc1-n1ccnc1. The molecule has 3 rings (SSSR count). The van der Waals surface area contributed by atoms with Gasteiger partial charge in [0, 0.05) is 41.0 Å². The Hall–Kier alpha value is -2.24. The van der Waals surface area contributed by atoms with Crippen LogP contribution in [0.25, 0.3) is 5.69 Å². The maximum Gasteiger partial charge on any atom is 0.221 e. The van der Waals surface area contributed by atoms with E-state index in [9.17, 15) is 4.79 Å². The molecule has 0 saturated heterocycles. The van der Waals surface area contributed by atoms with Crippen molar-refractivity contribution in [3.8, 4) is 5.69 Å². The molecule has 0 atom stereocenters. The fourth-order valence-corrected chi connectivity index (χ4v) is 3.37. The molecule has 3 aromatic rings. The second kappa shape index (κ2) is 8.74. The van der Waals surface area contributed by atoms with Crippen LogP contribution in [0.1, 0.15) is 12.0 Å². The summed E-state index contributed by atoms with van der Waals surface area (Å²) in [7, 11) is 0. The van der Waals surface area contributed by atoms with E-state index in [1.54, 1.807) is 24.3 Å². The fraction of sp³-hybridized carbons (Fsp3) is 0.158. The molecule has 4 nitrogen and oxygen atoms in total. The number of aromatic nitrogens is 2. The van der Waals surface area contributed by atoms with Crippen LogP contribution < -0.4 is 5.32 Å². The van der Waals surface area contributed by atoms with E-state index in [4.69, 9.17) is 11.6 Å². The number of hydrogen-bond donors (Lipinski definition) is 1. The molecule has 0 saturated carbocycles. The third-order valence-corrected chi connectivity index (χ3v) is 4.93. The number of amides is 1. The first-order valence-corrected chi connectivity index (χ1v) is 9.30. The number of hydrogen-bond acceptors (Lipinski definition) is 3. The van der Waals surface area contributed by atoms with E-state index in [1.807, 2.05) is 59.3 Å². The van der Waals surface area contributed by atoms with E-state index in [0.717, 1.165) is 26.9 Å². The molecule has 1 aromatic heterocycles. The standard InChI is InChI=1S/C19H18ClN3OS/c20-16-5-7-17(8-6-16)25-12-9-19(24)22-13-15-3-1-2-4-18(15)23-11-10-21-14-23/h1-8,10-11,14H,9,12-13H2,(H,22,24). The molecule has 25 heavy (non-hydrogen) atoms. The molecule has 0 spiro atoms. The largest absolute Gasteiger partial charge is 0.352 e. The minimum atomic E-state index is 0.0434. The van der Waals surface area contributed by atoms with Crippen LogP contribution in [0.15, 0.2) is 72.1 Å². The van der Waals surface area contributed by atoms with Gasteiger partial charge >= 0.3 is 0 Å². The van der Waals surface area contributed by atoms with Gasteiger partial charge in [-0.1, -0.05) is 29.8 Å². The molecule has 0 aliphatic carbocycles. The van der Waals surface area contributed by atoms with Gasteiger partial charge in [-0.3, -0.25) is 4.79 Å². The molecule has 1 N–H and O–H groups in total. The van der Waals surface area contributed by atoms with E-state index < -0.39 is 0 Å². The molecular formula is C19H18ClN3OS. The Labute approximate surface area is 156 Å². The predicted molar refractivity (Wildman–Crippen MR) is 102 cm³/mol. The number of nitrogens with one attached hydrogen (secondary N) is 1. The normalized spacial score (nSPS) is 10.6. The zero-order valence-electron chi connectivity index (χ0n) is 13.6. The van der Waals surface area contributed by atoms with Gasteiger partial charge in [0.15, 0.2) is 0 Å². The first-order chi connectivity index (χ1) is 12.2. The Bertz CT molecular complexity index is 819. The van der Waals surface area contributed by atoms with Gasteiger partial charge in [0.1, 0.15) is 0 Å². The smallest absolute Gasteiger partial charge is 0.221 e. The molecule has 0 unspecified atom stereocenters. The monoisotopic (exact) mass is 371 g/mol.